The molecular weight excluding hydrogens is 944 g/mol. The van der Waals surface area contributed by atoms with Gasteiger partial charge < -0.3 is 65.0 Å². The fraction of sp³-hybridized carbons (Fsp3) is 0.479. The van der Waals surface area contributed by atoms with Crippen LogP contribution in [0.5, 0.6) is 17.2 Å². The van der Waals surface area contributed by atoms with E-state index in [9.17, 15) is 58.5 Å². The zero-order valence-electron chi connectivity index (χ0n) is 41.0. The molecule has 1 aliphatic carbocycles. The maximum Gasteiger partial charge on any atom is 0.227 e. The third-order valence-electron chi connectivity index (χ3n) is 13.1. The van der Waals surface area contributed by atoms with Crippen molar-refractivity contribution in [2.24, 2.45) is 21.1 Å². The number of amides is 4. The summed E-state index contributed by atoms with van der Waals surface area (Å²) in [5, 5.41) is 41.8. The SMILES string of the molecule is CC(=O)NC(CCC(=O)NCc1c(O)c(=O)cc(C)n1C)(CCC(=O)NCc1c(O)c(=O)cc(C)n1C)CCC(=O)NCc1c(O)c(=O)cc(C)n1C.Cl.O=C1C=C(N2CC2)C(=O)C(N2CC2)=C1N1CC1. The van der Waals surface area contributed by atoms with Crippen LogP contribution in [0.3, 0.4) is 0 Å². The number of ketones is 2. The lowest BCUT2D eigenvalue weighted by Crippen LogP contribution is -2.49. The highest BCUT2D eigenvalue weighted by atomic mass is 35.5. The van der Waals surface area contributed by atoms with Crippen molar-refractivity contribution in [1.29, 1.82) is 0 Å². The summed E-state index contributed by atoms with van der Waals surface area (Å²) in [6.45, 7) is 11.2. The molecule has 23 heteroatoms. The van der Waals surface area contributed by atoms with E-state index >= 15 is 0 Å². The van der Waals surface area contributed by atoms with Gasteiger partial charge in [0.2, 0.25) is 51.5 Å². The second kappa shape index (κ2) is 22.6. The molecule has 0 spiro atoms. The Kier molecular flexibility index (Phi) is 17.4. The number of nitrogens with one attached hydrogen (secondary N) is 4. The van der Waals surface area contributed by atoms with Gasteiger partial charge in [-0.1, -0.05) is 0 Å². The standard InChI is InChI=1S/C36H49N7O10.C12H13N3O2.ClH/c1-20-14-27(45)33(51)24(41(20)5)17-37-30(48)8-11-36(40-23(4)44,12-9-31(49)38-18-25-34(52)28(46)15-21(2)42(25)6)13-10-32(50)39-19-26-35(53)29(47)16-22(3)43(26)7;16-9-7-8(13-1-2-13)12(17)11(15-5-6-15)10(9)14-3-4-14;/h14-16,51-53H,8-13,17-19H2,1-7H3,(H,37,48)(H,38,49)(H,39,50)(H,40,44);7H,1-6H2;1H. The van der Waals surface area contributed by atoms with Gasteiger partial charge in [0.05, 0.1) is 42.4 Å². The first-order valence-electron chi connectivity index (χ1n) is 23.1. The summed E-state index contributed by atoms with van der Waals surface area (Å²) in [5.74, 6) is -3.41. The van der Waals surface area contributed by atoms with Crippen LogP contribution in [-0.4, -0.2) is 124 Å². The number of nitrogens with zero attached hydrogens (tertiary/aromatic N) is 6. The highest BCUT2D eigenvalue weighted by Crippen LogP contribution is 2.34. The van der Waals surface area contributed by atoms with Gasteiger partial charge in [-0.2, -0.15) is 0 Å². The molecule has 384 valence electrons. The van der Waals surface area contributed by atoms with Gasteiger partial charge in [0.15, 0.2) is 17.2 Å². The molecule has 0 radical (unpaired) electrons. The molecule has 0 unspecified atom stereocenters. The largest absolute Gasteiger partial charge is 0.503 e. The van der Waals surface area contributed by atoms with Crippen molar-refractivity contribution in [3.05, 3.63) is 106 Å². The minimum absolute atomic E-state index is 0. The van der Waals surface area contributed by atoms with Gasteiger partial charge in [-0.15, -0.1) is 12.4 Å². The van der Waals surface area contributed by atoms with Crippen LogP contribution in [0.25, 0.3) is 0 Å². The molecule has 7 N–H and O–H groups in total. The normalized spacial score (nSPS) is 14.7. The van der Waals surface area contributed by atoms with Gasteiger partial charge in [-0.25, -0.2) is 0 Å². The average molecular weight is 1010 g/mol. The molecule has 22 nitrogen and oxygen atoms in total. The van der Waals surface area contributed by atoms with Crippen molar-refractivity contribution in [2.75, 3.05) is 39.3 Å². The Morgan fingerprint density at radius 2 is 0.873 bits per heavy atom. The number of carbonyl (C=O) groups excluding carboxylic acids is 6. The Morgan fingerprint density at radius 1 is 0.549 bits per heavy atom. The lowest BCUT2D eigenvalue weighted by molar-refractivity contribution is -0.126. The first kappa shape index (κ1) is 54.6. The number of hydrogen-bond donors (Lipinski definition) is 7. The van der Waals surface area contributed by atoms with Crippen LogP contribution in [0.1, 0.15) is 79.6 Å². The molecule has 3 aliphatic heterocycles. The Labute approximate surface area is 415 Å². The van der Waals surface area contributed by atoms with Crippen molar-refractivity contribution in [1.82, 2.24) is 49.7 Å². The summed E-state index contributed by atoms with van der Waals surface area (Å²) in [6, 6.07) is 3.80. The van der Waals surface area contributed by atoms with E-state index in [2.05, 4.69) is 21.3 Å². The smallest absolute Gasteiger partial charge is 0.227 e. The second-order valence-electron chi connectivity index (χ2n) is 18.2. The number of Topliss-reactive ketones (excluding diaryl/α,β-unsaturated/α-hetero) is 1. The molecule has 4 aliphatic rings. The highest BCUT2D eigenvalue weighted by Gasteiger charge is 2.43. The summed E-state index contributed by atoms with van der Waals surface area (Å²) >= 11 is 0. The monoisotopic (exact) mass is 1010 g/mol. The van der Waals surface area contributed by atoms with Gasteiger partial charge in [-0.3, -0.25) is 43.2 Å². The Balaban J connectivity index is 0.000000428. The minimum Gasteiger partial charge on any atom is -0.503 e. The molecule has 0 aromatic carbocycles. The third-order valence-corrected chi connectivity index (χ3v) is 13.1. The first-order chi connectivity index (χ1) is 33.0. The van der Waals surface area contributed by atoms with Crippen LogP contribution in [0.15, 0.2) is 55.7 Å². The van der Waals surface area contributed by atoms with Crippen LogP contribution < -0.4 is 37.6 Å². The van der Waals surface area contributed by atoms with Crippen LogP contribution in [0.4, 0.5) is 0 Å². The van der Waals surface area contributed by atoms with E-state index in [1.165, 1.54) is 31.2 Å². The minimum atomic E-state index is -1.26. The summed E-state index contributed by atoms with van der Waals surface area (Å²) in [5.41, 5.74) is 1.14. The average Bonchev–Trinajstić information content (AvgIpc) is 4.13. The highest BCUT2D eigenvalue weighted by molar-refractivity contribution is 6.22. The zero-order valence-corrected chi connectivity index (χ0v) is 41.8. The van der Waals surface area contributed by atoms with Gasteiger partial charge in [0.1, 0.15) is 11.4 Å². The van der Waals surface area contributed by atoms with Crippen molar-refractivity contribution in [3.8, 4) is 17.2 Å². The third kappa shape index (κ3) is 13.3. The van der Waals surface area contributed by atoms with Crippen LogP contribution in [-0.2, 0) is 69.5 Å². The molecule has 7 rings (SSSR count). The predicted molar refractivity (Wildman–Crippen MR) is 261 cm³/mol. The predicted octanol–water partition coefficient (Wildman–Crippen LogP) is -0.108. The number of carbonyl (C=O) groups is 6. The molecule has 0 atom stereocenters. The van der Waals surface area contributed by atoms with Crippen LogP contribution in [0, 0.1) is 20.8 Å². The van der Waals surface area contributed by atoms with Crippen molar-refractivity contribution >= 4 is 47.6 Å². The van der Waals surface area contributed by atoms with Gasteiger partial charge in [-0.05, 0) is 40.0 Å². The number of allylic oxidation sites excluding steroid dienone is 1. The number of rotatable bonds is 19. The first-order valence-corrected chi connectivity index (χ1v) is 23.1. The van der Waals surface area contributed by atoms with E-state index in [4.69, 9.17) is 0 Å². The van der Waals surface area contributed by atoms with E-state index in [0.717, 1.165) is 39.3 Å². The molecular formula is C48H63ClN10O12. The lowest BCUT2D eigenvalue weighted by Gasteiger charge is -2.35. The van der Waals surface area contributed by atoms with E-state index in [-0.39, 0.29) is 99.2 Å². The summed E-state index contributed by atoms with van der Waals surface area (Å²) in [6.07, 6.45) is 0.942. The van der Waals surface area contributed by atoms with Crippen LogP contribution in [0.2, 0.25) is 0 Å². The number of aromatic nitrogens is 3. The summed E-state index contributed by atoms with van der Waals surface area (Å²) in [4.78, 5) is 119. The topological polar surface area (TPSA) is 286 Å². The number of aromatic hydroxyl groups is 3. The fourth-order valence-corrected chi connectivity index (χ4v) is 8.30. The van der Waals surface area contributed by atoms with E-state index in [0.29, 0.717) is 34.2 Å². The van der Waals surface area contributed by atoms with Crippen molar-refractivity contribution in [2.45, 2.75) is 91.4 Å². The number of halogens is 1. The molecule has 6 heterocycles. The second-order valence-corrected chi connectivity index (χ2v) is 18.2. The molecule has 3 aromatic heterocycles. The van der Waals surface area contributed by atoms with Gasteiger partial charge in [0, 0.05) is 133 Å². The fourth-order valence-electron chi connectivity index (χ4n) is 8.30. The molecule has 0 saturated carbocycles. The maximum absolute atomic E-state index is 13.1. The van der Waals surface area contributed by atoms with E-state index < -0.39 is 62.7 Å². The molecule has 3 aromatic rings. The van der Waals surface area contributed by atoms with Gasteiger partial charge >= 0.3 is 0 Å². The Morgan fingerprint density at radius 3 is 1.18 bits per heavy atom. The molecule has 3 fully saturated rings. The maximum atomic E-state index is 13.1. The van der Waals surface area contributed by atoms with E-state index in [1.54, 1.807) is 55.6 Å². The molecule has 3 saturated heterocycles. The number of aryl methyl sites for hydroxylation is 3. The Bertz CT molecular complexity index is 2670. The van der Waals surface area contributed by atoms with Crippen LogP contribution >= 0.6 is 12.4 Å². The lowest BCUT2D eigenvalue weighted by atomic mass is 9.83. The van der Waals surface area contributed by atoms with Crippen molar-refractivity contribution in [3.63, 3.8) is 0 Å². The summed E-state index contributed by atoms with van der Waals surface area (Å²) in [7, 11) is 4.90. The van der Waals surface area contributed by atoms with Gasteiger partial charge in [0.25, 0.3) is 0 Å². The number of pyridine rings is 3. The van der Waals surface area contributed by atoms with Crippen molar-refractivity contribution < 1.29 is 44.1 Å². The molecule has 71 heavy (non-hydrogen) atoms. The molecule has 0 bridgehead atoms. The quantitative estimate of drug-likeness (QED) is 0.0610. The zero-order chi connectivity index (χ0) is 51.4. The summed E-state index contributed by atoms with van der Waals surface area (Å²) < 4.78 is 4.70. The van der Waals surface area contributed by atoms with E-state index in [1.807, 2.05) is 14.7 Å². The number of hydrogen-bond acceptors (Lipinski definition) is 15. The Hall–Kier alpha value is -7.36. The molecule has 4 amide bonds.